The summed E-state index contributed by atoms with van der Waals surface area (Å²) in [6, 6.07) is 5.28. The standard InChI is InChI=1S/C13H8ClF3N6O2/c14-11-20-12-18-5-9(7-1-3-8(4-2-7)23(24)25)10(22(12)21-11)19-6-13(15,16)17/h1-5,19H,6H2. The molecule has 0 aliphatic rings. The Kier molecular flexibility index (Phi) is 4.17. The Morgan fingerprint density at radius 1 is 1.28 bits per heavy atom. The van der Waals surface area contributed by atoms with Crippen LogP contribution in [0.25, 0.3) is 16.9 Å². The smallest absolute Gasteiger partial charge is 0.360 e. The molecule has 0 amide bonds. The Balaban J connectivity index is 2.11. The van der Waals surface area contributed by atoms with Crippen LogP contribution >= 0.6 is 11.6 Å². The highest BCUT2D eigenvalue weighted by Crippen LogP contribution is 2.30. The maximum atomic E-state index is 12.6. The predicted molar refractivity (Wildman–Crippen MR) is 82.4 cm³/mol. The third kappa shape index (κ3) is 3.60. The summed E-state index contributed by atoms with van der Waals surface area (Å²) in [5.74, 6) is -0.0177. The molecule has 2 aromatic heterocycles. The fourth-order valence-electron chi connectivity index (χ4n) is 2.14. The van der Waals surface area contributed by atoms with Crippen LogP contribution in [0.2, 0.25) is 5.28 Å². The molecule has 1 aromatic carbocycles. The zero-order valence-corrected chi connectivity index (χ0v) is 12.9. The van der Waals surface area contributed by atoms with E-state index in [0.29, 0.717) is 5.56 Å². The van der Waals surface area contributed by atoms with Gasteiger partial charge in [0.1, 0.15) is 12.4 Å². The predicted octanol–water partition coefficient (Wildman–Crippen LogP) is 3.33. The highest BCUT2D eigenvalue weighted by atomic mass is 35.5. The van der Waals surface area contributed by atoms with E-state index in [2.05, 4.69) is 20.4 Å². The van der Waals surface area contributed by atoms with Crippen LogP contribution in [0.3, 0.4) is 0 Å². The van der Waals surface area contributed by atoms with Gasteiger partial charge >= 0.3 is 6.18 Å². The lowest BCUT2D eigenvalue weighted by molar-refractivity contribution is -0.384. The molecule has 0 fully saturated rings. The van der Waals surface area contributed by atoms with E-state index in [-0.39, 0.29) is 28.1 Å². The molecule has 0 saturated carbocycles. The van der Waals surface area contributed by atoms with Crippen LogP contribution in [0.4, 0.5) is 24.7 Å². The number of halogens is 4. The first kappa shape index (κ1) is 16.9. The van der Waals surface area contributed by atoms with Crippen LogP contribution in [0, 0.1) is 10.1 Å². The lowest BCUT2D eigenvalue weighted by Crippen LogP contribution is -2.23. The van der Waals surface area contributed by atoms with E-state index in [1.54, 1.807) is 0 Å². The van der Waals surface area contributed by atoms with Crippen molar-refractivity contribution >= 4 is 28.9 Å². The molecule has 0 bridgehead atoms. The number of hydrogen-bond acceptors (Lipinski definition) is 6. The summed E-state index contributed by atoms with van der Waals surface area (Å²) in [6.45, 7) is -1.32. The van der Waals surface area contributed by atoms with Gasteiger partial charge in [-0.2, -0.15) is 22.7 Å². The molecule has 0 radical (unpaired) electrons. The van der Waals surface area contributed by atoms with E-state index in [1.807, 2.05) is 0 Å². The van der Waals surface area contributed by atoms with Gasteiger partial charge in [-0.25, -0.2) is 4.98 Å². The molecule has 2 heterocycles. The Bertz CT molecular complexity index is 941. The average molecular weight is 373 g/mol. The monoisotopic (exact) mass is 372 g/mol. The fourth-order valence-corrected chi connectivity index (χ4v) is 2.29. The van der Waals surface area contributed by atoms with E-state index in [4.69, 9.17) is 11.6 Å². The summed E-state index contributed by atoms with van der Waals surface area (Å²) in [5.41, 5.74) is 0.524. The van der Waals surface area contributed by atoms with Crippen molar-refractivity contribution in [3.8, 4) is 11.1 Å². The molecule has 1 N–H and O–H groups in total. The second kappa shape index (κ2) is 6.16. The number of nitrogens with one attached hydrogen (secondary N) is 1. The number of nitrogens with zero attached hydrogens (tertiary/aromatic N) is 5. The highest BCUT2D eigenvalue weighted by Gasteiger charge is 2.28. The molecule has 3 aromatic rings. The van der Waals surface area contributed by atoms with Crippen molar-refractivity contribution in [2.24, 2.45) is 0 Å². The van der Waals surface area contributed by atoms with Gasteiger partial charge in [0.15, 0.2) is 0 Å². The normalized spacial score (nSPS) is 11.7. The van der Waals surface area contributed by atoms with Crippen LogP contribution in [0.1, 0.15) is 0 Å². The number of nitro benzene ring substituents is 1. The first-order valence-corrected chi connectivity index (χ1v) is 7.09. The zero-order chi connectivity index (χ0) is 18.2. The van der Waals surface area contributed by atoms with Crippen LogP contribution < -0.4 is 5.32 Å². The largest absolute Gasteiger partial charge is 0.405 e. The summed E-state index contributed by atoms with van der Waals surface area (Å²) in [6.07, 6.45) is -3.17. The van der Waals surface area contributed by atoms with Crippen molar-refractivity contribution in [1.82, 2.24) is 19.6 Å². The van der Waals surface area contributed by atoms with Gasteiger partial charge in [0, 0.05) is 23.9 Å². The molecule has 3 rings (SSSR count). The van der Waals surface area contributed by atoms with Crippen LogP contribution in [-0.2, 0) is 0 Å². The third-order valence-corrected chi connectivity index (χ3v) is 3.35. The summed E-state index contributed by atoms with van der Waals surface area (Å²) in [7, 11) is 0. The lowest BCUT2D eigenvalue weighted by Gasteiger charge is -2.14. The van der Waals surface area contributed by atoms with Crippen LogP contribution in [0.15, 0.2) is 30.5 Å². The van der Waals surface area contributed by atoms with Gasteiger partial charge in [0.25, 0.3) is 11.5 Å². The van der Waals surface area contributed by atoms with Crippen LogP contribution in [0.5, 0.6) is 0 Å². The van der Waals surface area contributed by atoms with Crippen molar-refractivity contribution in [1.29, 1.82) is 0 Å². The van der Waals surface area contributed by atoms with E-state index in [0.717, 1.165) is 4.52 Å². The number of alkyl halides is 3. The molecule has 0 aliphatic carbocycles. The molecule has 0 saturated heterocycles. The molecule has 130 valence electrons. The second-order valence-electron chi connectivity index (χ2n) is 4.89. The number of aromatic nitrogens is 4. The number of anilines is 1. The molecular formula is C13H8ClF3N6O2. The Labute approximate surface area is 142 Å². The van der Waals surface area contributed by atoms with E-state index in [9.17, 15) is 23.3 Å². The molecule has 8 nitrogen and oxygen atoms in total. The van der Waals surface area contributed by atoms with E-state index >= 15 is 0 Å². The zero-order valence-electron chi connectivity index (χ0n) is 12.2. The summed E-state index contributed by atoms with van der Waals surface area (Å²) in [4.78, 5) is 17.9. The van der Waals surface area contributed by atoms with Crippen LogP contribution in [-0.4, -0.2) is 37.2 Å². The fraction of sp³-hybridized carbons (Fsp3) is 0.154. The Morgan fingerprint density at radius 2 is 1.96 bits per heavy atom. The maximum Gasteiger partial charge on any atom is 0.405 e. The first-order chi connectivity index (χ1) is 11.7. The maximum absolute atomic E-state index is 12.6. The van der Waals surface area contributed by atoms with Gasteiger partial charge in [-0.3, -0.25) is 10.1 Å². The molecule has 0 unspecified atom stereocenters. The molecule has 0 spiro atoms. The van der Waals surface area contributed by atoms with Gasteiger partial charge in [-0.05, 0) is 29.3 Å². The number of benzene rings is 1. The van der Waals surface area contributed by atoms with E-state index in [1.165, 1.54) is 30.5 Å². The molecule has 0 aliphatic heterocycles. The lowest BCUT2D eigenvalue weighted by atomic mass is 10.1. The van der Waals surface area contributed by atoms with Crippen molar-refractivity contribution in [2.45, 2.75) is 6.18 Å². The molecule has 25 heavy (non-hydrogen) atoms. The summed E-state index contributed by atoms with van der Waals surface area (Å²) >= 11 is 5.69. The highest BCUT2D eigenvalue weighted by molar-refractivity contribution is 6.28. The Hall–Kier alpha value is -2.95. The van der Waals surface area contributed by atoms with Crippen molar-refractivity contribution in [3.05, 3.63) is 45.9 Å². The number of rotatable bonds is 4. The number of fused-ring (bicyclic) bond motifs is 1. The summed E-state index contributed by atoms with van der Waals surface area (Å²) in [5, 5.41) is 16.6. The van der Waals surface area contributed by atoms with Gasteiger partial charge in [-0.1, -0.05) is 0 Å². The minimum Gasteiger partial charge on any atom is -0.360 e. The van der Waals surface area contributed by atoms with Gasteiger partial charge in [0.2, 0.25) is 5.28 Å². The second-order valence-corrected chi connectivity index (χ2v) is 5.22. The minimum atomic E-state index is -4.47. The number of nitro groups is 1. The molecule has 0 atom stereocenters. The molecule has 12 heteroatoms. The third-order valence-electron chi connectivity index (χ3n) is 3.19. The van der Waals surface area contributed by atoms with Gasteiger partial charge in [-0.15, -0.1) is 5.10 Å². The van der Waals surface area contributed by atoms with Crippen molar-refractivity contribution in [2.75, 3.05) is 11.9 Å². The van der Waals surface area contributed by atoms with Crippen molar-refractivity contribution < 1.29 is 18.1 Å². The first-order valence-electron chi connectivity index (χ1n) is 6.71. The summed E-state index contributed by atoms with van der Waals surface area (Å²) < 4.78 is 38.8. The minimum absolute atomic E-state index is 0.0142. The van der Waals surface area contributed by atoms with Gasteiger partial charge < -0.3 is 5.32 Å². The van der Waals surface area contributed by atoms with Gasteiger partial charge in [0.05, 0.1) is 4.92 Å². The van der Waals surface area contributed by atoms with Crippen molar-refractivity contribution in [3.63, 3.8) is 0 Å². The molecular weight excluding hydrogens is 365 g/mol. The Morgan fingerprint density at radius 3 is 2.56 bits per heavy atom. The average Bonchev–Trinajstić information content (AvgIpc) is 2.92. The number of non-ortho nitro benzene ring substituents is 1. The number of hydrogen-bond donors (Lipinski definition) is 1. The SMILES string of the molecule is O=[N+]([O-])c1ccc(-c2cnc3nc(Cl)nn3c2NCC(F)(F)F)cc1. The van der Waals surface area contributed by atoms with E-state index < -0.39 is 17.6 Å². The quantitative estimate of drug-likeness (QED) is 0.557. The topological polar surface area (TPSA) is 98.2 Å².